The van der Waals surface area contributed by atoms with Crippen LogP contribution in [0.4, 0.5) is 0 Å². The molecule has 0 aliphatic heterocycles. The van der Waals surface area contributed by atoms with E-state index in [1.807, 2.05) is 0 Å². The number of aryl methyl sites for hydroxylation is 1. The van der Waals surface area contributed by atoms with E-state index in [1.165, 1.54) is 29.8 Å². The summed E-state index contributed by atoms with van der Waals surface area (Å²) in [6.45, 7) is 15.4. The molecule has 0 saturated carbocycles. The molecule has 0 fully saturated rings. The molecule has 0 radical (unpaired) electrons. The molecule has 0 amide bonds. The molecule has 1 N–H and O–H groups in total. The number of nitrogens with zero attached hydrogens (tertiary/aromatic N) is 2. The van der Waals surface area contributed by atoms with Gasteiger partial charge < -0.3 is 5.32 Å². The zero-order valence-corrected chi connectivity index (χ0v) is 13.6. The second-order valence-corrected chi connectivity index (χ2v) is 5.87. The highest BCUT2D eigenvalue weighted by Crippen LogP contribution is 2.17. The topological polar surface area (TPSA) is 29.9 Å². The number of aromatic nitrogens is 2. The van der Waals surface area contributed by atoms with Crippen LogP contribution in [0.5, 0.6) is 0 Å². The summed E-state index contributed by atoms with van der Waals surface area (Å²) in [6.07, 6.45) is 3.55. The summed E-state index contributed by atoms with van der Waals surface area (Å²) in [6, 6.07) is 0.556. The minimum atomic E-state index is 0.556. The maximum atomic E-state index is 4.73. The van der Waals surface area contributed by atoms with Gasteiger partial charge in [0.25, 0.3) is 0 Å². The van der Waals surface area contributed by atoms with Crippen LogP contribution in [-0.2, 0) is 13.0 Å². The second kappa shape index (κ2) is 7.68. The molecule has 110 valence electrons. The number of hydrogen-bond donors (Lipinski definition) is 1. The summed E-state index contributed by atoms with van der Waals surface area (Å²) in [5.74, 6) is 0.750. The lowest BCUT2D eigenvalue weighted by molar-refractivity contribution is 0.390. The molecule has 3 heteroatoms. The molecule has 1 aromatic heterocycles. The predicted octanol–water partition coefficient (Wildman–Crippen LogP) is 3.48. The van der Waals surface area contributed by atoms with Crippen molar-refractivity contribution in [2.75, 3.05) is 6.54 Å². The van der Waals surface area contributed by atoms with Crippen molar-refractivity contribution in [2.45, 2.75) is 73.4 Å². The normalized spacial score (nSPS) is 11.8. The zero-order chi connectivity index (χ0) is 14.4. The van der Waals surface area contributed by atoms with Gasteiger partial charge in [0.2, 0.25) is 0 Å². The first kappa shape index (κ1) is 16.2. The van der Waals surface area contributed by atoms with E-state index in [-0.39, 0.29) is 0 Å². The Kier molecular flexibility index (Phi) is 6.56. The maximum Gasteiger partial charge on any atom is 0.0628 e. The van der Waals surface area contributed by atoms with E-state index in [9.17, 15) is 0 Å². The smallest absolute Gasteiger partial charge is 0.0628 e. The standard InChI is InChI=1S/C16H31N3/c1-7-15(8-2)11-19-14(6)16(13(5)18-19)9-10-17-12(3)4/h12,15,17H,7-11H2,1-6H3. The molecule has 0 saturated heterocycles. The lowest BCUT2D eigenvalue weighted by Crippen LogP contribution is -2.25. The third kappa shape index (κ3) is 4.64. The van der Waals surface area contributed by atoms with Crippen LogP contribution < -0.4 is 5.32 Å². The van der Waals surface area contributed by atoms with Crippen LogP contribution in [0.25, 0.3) is 0 Å². The van der Waals surface area contributed by atoms with Gasteiger partial charge in [0, 0.05) is 18.3 Å². The molecular weight excluding hydrogens is 234 g/mol. The van der Waals surface area contributed by atoms with Gasteiger partial charge in [0.15, 0.2) is 0 Å². The van der Waals surface area contributed by atoms with E-state index in [1.54, 1.807) is 0 Å². The van der Waals surface area contributed by atoms with E-state index in [2.05, 4.69) is 51.5 Å². The van der Waals surface area contributed by atoms with Crippen molar-refractivity contribution < 1.29 is 0 Å². The number of rotatable bonds is 8. The summed E-state index contributed by atoms with van der Waals surface area (Å²) >= 11 is 0. The summed E-state index contributed by atoms with van der Waals surface area (Å²) in [5, 5.41) is 8.22. The quantitative estimate of drug-likeness (QED) is 0.780. The molecule has 1 rings (SSSR count). The molecule has 1 heterocycles. The first-order valence-corrected chi connectivity index (χ1v) is 7.75. The lowest BCUT2D eigenvalue weighted by Gasteiger charge is -2.14. The van der Waals surface area contributed by atoms with Crippen molar-refractivity contribution in [3.05, 3.63) is 17.0 Å². The molecular formula is C16H31N3. The highest BCUT2D eigenvalue weighted by Gasteiger charge is 2.13. The summed E-state index contributed by atoms with van der Waals surface area (Å²) < 4.78 is 2.22. The minimum absolute atomic E-state index is 0.556. The van der Waals surface area contributed by atoms with Gasteiger partial charge >= 0.3 is 0 Å². The monoisotopic (exact) mass is 265 g/mol. The van der Waals surface area contributed by atoms with E-state index >= 15 is 0 Å². The molecule has 0 aliphatic carbocycles. The second-order valence-electron chi connectivity index (χ2n) is 5.87. The Morgan fingerprint density at radius 1 is 1.16 bits per heavy atom. The highest BCUT2D eigenvalue weighted by atomic mass is 15.3. The van der Waals surface area contributed by atoms with Crippen molar-refractivity contribution >= 4 is 0 Å². The fraction of sp³-hybridized carbons (Fsp3) is 0.812. The summed E-state index contributed by atoms with van der Waals surface area (Å²) in [4.78, 5) is 0. The van der Waals surface area contributed by atoms with Crippen molar-refractivity contribution in [1.82, 2.24) is 15.1 Å². The SMILES string of the molecule is CCC(CC)Cn1nc(C)c(CCNC(C)C)c1C. The molecule has 0 atom stereocenters. The van der Waals surface area contributed by atoms with Crippen LogP contribution in [0.1, 0.15) is 57.5 Å². The largest absolute Gasteiger partial charge is 0.314 e. The van der Waals surface area contributed by atoms with Gasteiger partial charge in [-0.1, -0.05) is 40.5 Å². The maximum absolute atomic E-state index is 4.73. The third-order valence-electron chi connectivity index (χ3n) is 4.04. The van der Waals surface area contributed by atoms with Crippen LogP contribution >= 0.6 is 0 Å². The summed E-state index contributed by atoms with van der Waals surface area (Å²) in [5.41, 5.74) is 3.99. The third-order valence-corrected chi connectivity index (χ3v) is 4.04. The Balaban J connectivity index is 2.70. The van der Waals surface area contributed by atoms with Crippen LogP contribution in [0.15, 0.2) is 0 Å². The first-order valence-electron chi connectivity index (χ1n) is 7.75. The molecule has 0 unspecified atom stereocenters. The van der Waals surface area contributed by atoms with Crippen LogP contribution in [0.3, 0.4) is 0 Å². The van der Waals surface area contributed by atoms with Crippen LogP contribution in [0.2, 0.25) is 0 Å². The van der Waals surface area contributed by atoms with Gasteiger partial charge in [-0.2, -0.15) is 5.10 Å². The fourth-order valence-corrected chi connectivity index (χ4v) is 2.55. The van der Waals surface area contributed by atoms with Gasteiger partial charge in [-0.15, -0.1) is 0 Å². The number of nitrogens with one attached hydrogen (secondary N) is 1. The van der Waals surface area contributed by atoms with E-state index in [0.29, 0.717) is 6.04 Å². The average molecular weight is 265 g/mol. The van der Waals surface area contributed by atoms with Gasteiger partial charge in [-0.25, -0.2) is 0 Å². The van der Waals surface area contributed by atoms with Gasteiger partial charge in [0.1, 0.15) is 0 Å². The van der Waals surface area contributed by atoms with Crippen LogP contribution in [0, 0.1) is 19.8 Å². The minimum Gasteiger partial charge on any atom is -0.314 e. The molecule has 0 aliphatic rings. The van der Waals surface area contributed by atoms with E-state index in [0.717, 1.165) is 25.4 Å². The Bertz CT molecular complexity index is 376. The van der Waals surface area contributed by atoms with E-state index in [4.69, 9.17) is 5.10 Å². The van der Waals surface area contributed by atoms with Gasteiger partial charge in [-0.3, -0.25) is 4.68 Å². The van der Waals surface area contributed by atoms with Crippen molar-refractivity contribution in [3.63, 3.8) is 0 Å². The molecule has 19 heavy (non-hydrogen) atoms. The Morgan fingerprint density at radius 2 is 1.79 bits per heavy atom. The molecule has 0 aromatic carbocycles. The average Bonchev–Trinajstić information content (AvgIpc) is 2.62. The summed E-state index contributed by atoms with van der Waals surface area (Å²) in [7, 11) is 0. The van der Waals surface area contributed by atoms with E-state index < -0.39 is 0 Å². The number of hydrogen-bond acceptors (Lipinski definition) is 2. The Hall–Kier alpha value is -0.830. The van der Waals surface area contributed by atoms with Gasteiger partial charge in [0.05, 0.1) is 5.69 Å². The van der Waals surface area contributed by atoms with Gasteiger partial charge in [-0.05, 0) is 38.3 Å². The highest BCUT2D eigenvalue weighted by molar-refractivity contribution is 5.24. The molecule has 0 bridgehead atoms. The zero-order valence-electron chi connectivity index (χ0n) is 13.6. The predicted molar refractivity (Wildman–Crippen MR) is 82.6 cm³/mol. The van der Waals surface area contributed by atoms with Crippen molar-refractivity contribution in [1.29, 1.82) is 0 Å². The molecule has 0 spiro atoms. The fourth-order valence-electron chi connectivity index (χ4n) is 2.55. The Morgan fingerprint density at radius 3 is 2.32 bits per heavy atom. The first-order chi connectivity index (χ1) is 8.99. The molecule has 3 nitrogen and oxygen atoms in total. The Labute approximate surface area is 118 Å². The van der Waals surface area contributed by atoms with Crippen LogP contribution in [-0.4, -0.2) is 22.4 Å². The molecule has 1 aromatic rings. The lowest BCUT2D eigenvalue weighted by atomic mass is 10.0. The van der Waals surface area contributed by atoms with Crippen molar-refractivity contribution in [2.24, 2.45) is 5.92 Å². The van der Waals surface area contributed by atoms with Crippen molar-refractivity contribution in [3.8, 4) is 0 Å².